The minimum absolute atomic E-state index is 0.0828. The van der Waals surface area contributed by atoms with Crippen LogP contribution in [0.1, 0.15) is 19.8 Å². The average molecular weight is 238 g/mol. The van der Waals surface area contributed by atoms with Crippen LogP contribution in [0.5, 0.6) is 0 Å². The molecule has 1 aromatic heterocycles. The van der Waals surface area contributed by atoms with Gasteiger partial charge in [0, 0.05) is 25.2 Å². The summed E-state index contributed by atoms with van der Waals surface area (Å²) in [5, 5.41) is 11.0. The van der Waals surface area contributed by atoms with Crippen LogP contribution in [0.2, 0.25) is 0 Å². The zero-order chi connectivity index (χ0) is 12.8. The van der Waals surface area contributed by atoms with Gasteiger partial charge in [0.1, 0.15) is 0 Å². The van der Waals surface area contributed by atoms with E-state index in [1.54, 1.807) is 0 Å². The molecule has 1 amide bonds. The molecule has 92 valence electrons. The minimum Gasteiger partial charge on any atom is -0.481 e. The zero-order valence-corrected chi connectivity index (χ0v) is 9.47. The van der Waals surface area contributed by atoms with Crippen LogP contribution in [0, 0.1) is 0 Å². The Morgan fingerprint density at radius 2 is 2.06 bits per heavy atom. The molecule has 0 aliphatic carbocycles. The fraction of sp³-hybridized carbons (Fsp3) is 0.364. The number of aromatic nitrogens is 1. The number of rotatable bonds is 5. The van der Waals surface area contributed by atoms with E-state index in [2.05, 4.69) is 5.32 Å². The van der Waals surface area contributed by atoms with Crippen molar-refractivity contribution in [1.82, 2.24) is 4.57 Å². The summed E-state index contributed by atoms with van der Waals surface area (Å²) in [5.41, 5.74) is 0.345. The van der Waals surface area contributed by atoms with Crippen LogP contribution in [0.4, 0.5) is 5.69 Å². The number of pyridine rings is 1. The van der Waals surface area contributed by atoms with Crippen LogP contribution in [-0.4, -0.2) is 21.6 Å². The van der Waals surface area contributed by atoms with Gasteiger partial charge in [0.05, 0.1) is 12.1 Å². The Morgan fingerprint density at radius 3 is 2.65 bits per heavy atom. The summed E-state index contributed by atoms with van der Waals surface area (Å²) in [5.74, 6) is -1.40. The molecule has 0 aromatic carbocycles. The van der Waals surface area contributed by atoms with E-state index in [-0.39, 0.29) is 24.3 Å². The van der Waals surface area contributed by atoms with Crippen molar-refractivity contribution in [2.24, 2.45) is 0 Å². The molecule has 0 atom stereocenters. The van der Waals surface area contributed by atoms with Gasteiger partial charge in [-0.1, -0.05) is 0 Å². The highest BCUT2D eigenvalue weighted by atomic mass is 16.4. The van der Waals surface area contributed by atoms with Crippen LogP contribution < -0.4 is 10.9 Å². The first-order chi connectivity index (χ1) is 8.02. The number of carbonyl (C=O) groups is 2. The van der Waals surface area contributed by atoms with Crippen molar-refractivity contribution >= 4 is 17.6 Å². The maximum atomic E-state index is 11.3. The third-order valence-corrected chi connectivity index (χ3v) is 2.17. The van der Waals surface area contributed by atoms with Crippen LogP contribution in [-0.2, 0) is 16.1 Å². The Morgan fingerprint density at radius 1 is 1.35 bits per heavy atom. The second-order valence-electron chi connectivity index (χ2n) is 3.48. The van der Waals surface area contributed by atoms with E-state index in [0.717, 1.165) is 0 Å². The maximum absolute atomic E-state index is 11.3. The number of carboxylic acid groups (broad SMARTS) is 1. The van der Waals surface area contributed by atoms with E-state index < -0.39 is 5.97 Å². The lowest BCUT2D eigenvalue weighted by atomic mass is 10.3. The molecule has 1 rings (SSSR count). The fourth-order valence-corrected chi connectivity index (χ4v) is 1.30. The molecule has 17 heavy (non-hydrogen) atoms. The van der Waals surface area contributed by atoms with E-state index >= 15 is 0 Å². The summed E-state index contributed by atoms with van der Waals surface area (Å²) in [4.78, 5) is 32.9. The van der Waals surface area contributed by atoms with Crippen LogP contribution >= 0.6 is 0 Å². The van der Waals surface area contributed by atoms with E-state index in [1.807, 2.05) is 6.92 Å². The normalized spacial score (nSPS) is 9.94. The van der Waals surface area contributed by atoms with Gasteiger partial charge < -0.3 is 15.0 Å². The fourth-order valence-electron chi connectivity index (χ4n) is 1.30. The molecule has 2 N–H and O–H groups in total. The molecule has 0 aliphatic rings. The Balaban J connectivity index is 2.65. The molecule has 0 saturated heterocycles. The quantitative estimate of drug-likeness (QED) is 0.789. The minimum atomic E-state index is -1.02. The number of nitrogens with zero attached hydrogens (tertiary/aromatic N) is 1. The number of carbonyl (C=O) groups excluding carboxylic acids is 1. The van der Waals surface area contributed by atoms with Crippen molar-refractivity contribution in [2.75, 3.05) is 5.32 Å². The van der Waals surface area contributed by atoms with Crippen molar-refractivity contribution in [2.45, 2.75) is 26.3 Å². The first-order valence-electron chi connectivity index (χ1n) is 5.25. The number of aryl methyl sites for hydroxylation is 1. The third-order valence-electron chi connectivity index (χ3n) is 2.17. The number of carboxylic acids is 1. The van der Waals surface area contributed by atoms with E-state index in [9.17, 15) is 14.4 Å². The molecule has 0 radical (unpaired) electrons. The number of hydrogen-bond donors (Lipinski definition) is 2. The molecular weight excluding hydrogens is 224 g/mol. The van der Waals surface area contributed by atoms with Crippen molar-refractivity contribution in [3.63, 3.8) is 0 Å². The smallest absolute Gasteiger partial charge is 0.303 e. The van der Waals surface area contributed by atoms with Crippen LogP contribution in [0.25, 0.3) is 0 Å². The van der Waals surface area contributed by atoms with Crippen molar-refractivity contribution < 1.29 is 14.7 Å². The molecule has 0 saturated carbocycles. The number of nitrogens with one attached hydrogen (secondary N) is 1. The Labute approximate surface area is 97.9 Å². The Bertz CT molecular complexity index is 479. The van der Waals surface area contributed by atoms with Gasteiger partial charge in [-0.25, -0.2) is 0 Å². The molecule has 0 bridgehead atoms. The summed E-state index contributed by atoms with van der Waals surface area (Å²) >= 11 is 0. The second-order valence-corrected chi connectivity index (χ2v) is 3.48. The zero-order valence-electron chi connectivity index (χ0n) is 9.47. The average Bonchev–Trinajstić information content (AvgIpc) is 2.29. The Kier molecular flexibility index (Phi) is 4.45. The molecule has 1 aromatic rings. The largest absolute Gasteiger partial charge is 0.481 e. The van der Waals surface area contributed by atoms with Crippen LogP contribution in [0.15, 0.2) is 23.1 Å². The molecule has 6 heteroatoms. The van der Waals surface area contributed by atoms with Crippen molar-refractivity contribution in [1.29, 1.82) is 0 Å². The number of aliphatic carboxylic acids is 1. The number of hydrogen-bond acceptors (Lipinski definition) is 3. The highest BCUT2D eigenvalue weighted by Crippen LogP contribution is 2.04. The van der Waals surface area contributed by atoms with Gasteiger partial charge in [0.2, 0.25) is 5.91 Å². The van der Waals surface area contributed by atoms with Crippen LogP contribution in [0.3, 0.4) is 0 Å². The van der Waals surface area contributed by atoms with Gasteiger partial charge in [-0.05, 0) is 13.0 Å². The monoisotopic (exact) mass is 238 g/mol. The SMILES string of the molecule is CCn1cc(NC(=O)CCC(=O)O)ccc1=O. The van der Waals surface area contributed by atoms with E-state index in [1.165, 1.54) is 22.9 Å². The second kappa shape index (κ2) is 5.83. The maximum Gasteiger partial charge on any atom is 0.303 e. The van der Waals surface area contributed by atoms with Gasteiger partial charge in [-0.15, -0.1) is 0 Å². The summed E-state index contributed by atoms with van der Waals surface area (Å²) in [6.07, 6.45) is 1.24. The van der Waals surface area contributed by atoms with Gasteiger partial charge in [0.25, 0.3) is 5.56 Å². The number of amides is 1. The molecular formula is C11H14N2O4. The molecule has 0 spiro atoms. The lowest BCUT2D eigenvalue weighted by Gasteiger charge is -2.07. The standard InChI is InChI=1S/C11H14N2O4/c1-2-13-7-8(3-5-10(13)15)12-9(14)4-6-11(16)17/h3,5,7H,2,4,6H2,1H3,(H,12,14)(H,16,17). The molecule has 1 heterocycles. The van der Waals surface area contributed by atoms with Crippen molar-refractivity contribution in [3.05, 3.63) is 28.7 Å². The summed E-state index contributed by atoms with van der Waals surface area (Å²) < 4.78 is 1.45. The molecule has 0 aliphatic heterocycles. The molecule has 6 nitrogen and oxygen atoms in total. The topological polar surface area (TPSA) is 88.4 Å². The summed E-state index contributed by atoms with van der Waals surface area (Å²) in [6, 6.07) is 2.85. The lowest BCUT2D eigenvalue weighted by molar-refractivity contribution is -0.138. The van der Waals surface area contributed by atoms with E-state index in [4.69, 9.17) is 5.11 Å². The first-order valence-corrected chi connectivity index (χ1v) is 5.25. The molecule has 0 unspecified atom stereocenters. The highest BCUT2D eigenvalue weighted by molar-refractivity contribution is 5.92. The summed E-state index contributed by atoms with van der Waals surface area (Å²) in [7, 11) is 0. The summed E-state index contributed by atoms with van der Waals surface area (Å²) in [6.45, 7) is 2.33. The third kappa shape index (κ3) is 4.10. The number of anilines is 1. The predicted octanol–water partition coefficient (Wildman–Crippen LogP) is 0.671. The first kappa shape index (κ1) is 13.0. The molecule has 0 fully saturated rings. The van der Waals surface area contributed by atoms with Gasteiger partial charge >= 0.3 is 5.97 Å². The predicted molar refractivity (Wildman–Crippen MR) is 61.9 cm³/mol. The van der Waals surface area contributed by atoms with E-state index in [0.29, 0.717) is 12.2 Å². The van der Waals surface area contributed by atoms with Crippen molar-refractivity contribution in [3.8, 4) is 0 Å². The van der Waals surface area contributed by atoms with Gasteiger partial charge in [-0.2, -0.15) is 0 Å². The lowest BCUT2D eigenvalue weighted by Crippen LogP contribution is -2.20. The van der Waals surface area contributed by atoms with Gasteiger partial charge in [0.15, 0.2) is 0 Å². The highest BCUT2D eigenvalue weighted by Gasteiger charge is 2.06. The van der Waals surface area contributed by atoms with Gasteiger partial charge in [-0.3, -0.25) is 14.4 Å². The Hall–Kier alpha value is -2.11.